The number of pyridine rings is 1. The van der Waals surface area contributed by atoms with Crippen LogP contribution in [-0.4, -0.2) is 28.0 Å². The monoisotopic (exact) mass is 373 g/mol. The first kappa shape index (κ1) is 17.5. The van der Waals surface area contributed by atoms with Crippen LogP contribution in [0.15, 0.2) is 42.9 Å². The predicted molar refractivity (Wildman–Crippen MR) is 106 cm³/mol. The molecule has 3 N–H and O–H groups in total. The Labute approximate surface area is 161 Å². The van der Waals surface area contributed by atoms with Crippen molar-refractivity contribution < 1.29 is 9.53 Å². The van der Waals surface area contributed by atoms with Gasteiger partial charge in [-0.05, 0) is 36.3 Å². The molecule has 139 valence electrons. The molecule has 0 fully saturated rings. The number of rotatable bonds is 4. The lowest BCUT2D eigenvalue weighted by molar-refractivity contribution is 0.0965. The quantitative estimate of drug-likeness (QED) is 0.722. The van der Waals surface area contributed by atoms with Crippen molar-refractivity contribution in [3.05, 3.63) is 59.5 Å². The number of nitrogens with zero attached hydrogens (tertiary/aromatic N) is 4. The van der Waals surface area contributed by atoms with Gasteiger partial charge in [-0.15, -0.1) is 0 Å². The second-order valence-electron chi connectivity index (χ2n) is 6.21. The third-order valence-corrected chi connectivity index (χ3v) is 4.35. The van der Waals surface area contributed by atoms with Gasteiger partial charge in [-0.1, -0.05) is 6.07 Å². The number of anilines is 3. The van der Waals surface area contributed by atoms with Crippen LogP contribution >= 0.6 is 0 Å². The summed E-state index contributed by atoms with van der Waals surface area (Å²) in [6.45, 7) is 1.96. The molecule has 0 aliphatic carbocycles. The zero-order valence-electron chi connectivity index (χ0n) is 15.3. The third-order valence-electron chi connectivity index (χ3n) is 4.35. The Balaban J connectivity index is 1.83. The van der Waals surface area contributed by atoms with Crippen molar-refractivity contribution in [3.8, 4) is 17.0 Å². The Morgan fingerprint density at radius 1 is 1.14 bits per heavy atom. The van der Waals surface area contributed by atoms with Crippen LogP contribution in [0, 0.1) is 6.92 Å². The highest BCUT2D eigenvalue weighted by atomic mass is 16.5. The summed E-state index contributed by atoms with van der Waals surface area (Å²) in [5.74, 6) is 0.957. The van der Waals surface area contributed by atoms with Gasteiger partial charge in [0.05, 0.1) is 18.4 Å². The van der Waals surface area contributed by atoms with Crippen LogP contribution in [0.2, 0.25) is 0 Å². The minimum atomic E-state index is -0.355. The summed E-state index contributed by atoms with van der Waals surface area (Å²) >= 11 is 0. The predicted octanol–water partition coefficient (Wildman–Crippen LogP) is 2.91. The standard InChI is InChI=1S/C20H17N6O2/c1-11-3-4-14(8-16(11)28-2)25-18-17-12(5-6-22-19(17)27)7-15(26-18)13-9-23-20(21)24-10-13/h3-10H,1-2H3,(H,25,26)(H2,21,23,24). The van der Waals surface area contributed by atoms with Crippen LogP contribution in [0.5, 0.6) is 5.75 Å². The molecule has 8 heteroatoms. The van der Waals surface area contributed by atoms with Gasteiger partial charge in [0.25, 0.3) is 5.91 Å². The lowest BCUT2D eigenvalue weighted by Crippen LogP contribution is -2.18. The van der Waals surface area contributed by atoms with Gasteiger partial charge < -0.3 is 15.8 Å². The van der Waals surface area contributed by atoms with Crippen LogP contribution in [0.1, 0.15) is 21.5 Å². The molecule has 3 aromatic rings. The highest BCUT2D eigenvalue weighted by Gasteiger charge is 2.22. The fraction of sp³-hybridized carbons (Fsp3) is 0.100. The van der Waals surface area contributed by atoms with Gasteiger partial charge in [-0.2, -0.15) is 0 Å². The van der Waals surface area contributed by atoms with Gasteiger partial charge in [0.15, 0.2) is 0 Å². The molecule has 1 radical (unpaired) electrons. The van der Waals surface area contributed by atoms with Gasteiger partial charge in [0.2, 0.25) is 5.95 Å². The van der Waals surface area contributed by atoms with E-state index >= 15 is 0 Å². The summed E-state index contributed by atoms with van der Waals surface area (Å²) < 4.78 is 5.38. The average Bonchev–Trinajstić information content (AvgIpc) is 2.70. The van der Waals surface area contributed by atoms with Crippen molar-refractivity contribution in [2.75, 3.05) is 18.2 Å². The van der Waals surface area contributed by atoms with E-state index in [0.29, 0.717) is 28.2 Å². The average molecular weight is 373 g/mol. The molecule has 8 nitrogen and oxygen atoms in total. The molecule has 1 amide bonds. The SMILES string of the molecule is COc1cc(Nc2nc(-c3cnc(N)nc3)cc3c2C(=O)[N]C=C3)ccc1C. The maximum atomic E-state index is 12.4. The number of nitrogen functional groups attached to an aromatic ring is 1. The Hall–Kier alpha value is -3.94. The first-order valence-electron chi connectivity index (χ1n) is 8.51. The molecule has 1 aliphatic heterocycles. The largest absolute Gasteiger partial charge is 0.496 e. The zero-order valence-corrected chi connectivity index (χ0v) is 15.3. The van der Waals surface area contributed by atoms with Crippen molar-refractivity contribution in [3.63, 3.8) is 0 Å². The van der Waals surface area contributed by atoms with Crippen molar-refractivity contribution in [2.45, 2.75) is 6.92 Å². The molecule has 0 atom stereocenters. The smallest absolute Gasteiger partial charge is 0.281 e. The van der Waals surface area contributed by atoms with Gasteiger partial charge in [-0.25, -0.2) is 20.3 Å². The Bertz CT molecular complexity index is 1090. The number of benzene rings is 1. The molecule has 0 spiro atoms. The van der Waals surface area contributed by atoms with Crippen molar-refractivity contribution in [2.24, 2.45) is 0 Å². The summed E-state index contributed by atoms with van der Waals surface area (Å²) in [5.41, 5.74) is 9.73. The lowest BCUT2D eigenvalue weighted by Gasteiger charge is -2.17. The molecule has 3 heterocycles. The van der Waals surface area contributed by atoms with E-state index in [4.69, 9.17) is 10.5 Å². The third kappa shape index (κ3) is 3.23. The molecule has 1 aromatic carbocycles. The Morgan fingerprint density at radius 2 is 1.93 bits per heavy atom. The van der Waals surface area contributed by atoms with Gasteiger partial charge >= 0.3 is 0 Å². The number of methoxy groups -OCH3 is 1. The van der Waals surface area contributed by atoms with E-state index in [9.17, 15) is 4.79 Å². The zero-order chi connectivity index (χ0) is 19.7. The van der Waals surface area contributed by atoms with Crippen LogP contribution in [0.3, 0.4) is 0 Å². The highest BCUT2D eigenvalue weighted by molar-refractivity contribution is 6.05. The van der Waals surface area contributed by atoms with Gasteiger partial charge in [-0.3, -0.25) is 4.79 Å². The van der Waals surface area contributed by atoms with Gasteiger partial charge in [0, 0.05) is 35.9 Å². The molecule has 0 bridgehead atoms. The van der Waals surface area contributed by atoms with Crippen LogP contribution in [0.4, 0.5) is 17.5 Å². The molecule has 0 unspecified atom stereocenters. The second-order valence-corrected chi connectivity index (χ2v) is 6.21. The molecule has 4 rings (SSSR count). The van der Waals surface area contributed by atoms with E-state index in [1.54, 1.807) is 31.6 Å². The Morgan fingerprint density at radius 3 is 2.68 bits per heavy atom. The fourth-order valence-corrected chi connectivity index (χ4v) is 2.91. The van der Waals surface area contributed by atoms with Crippen molar-refractivity contribution in [1.29, 1.82) is 0 Å². The van der Waals surface area contributed by atoms with Crippen LogP contribution < -0.4 is 21.1 Å². The van der Waals surface area contributed by atoms with Crippen molar-refractivity contribution >= 4 is 29.4 Å². The van der Waals surface area contributed by atoms with Crippen LogP contribution in [0.25, 0.3) is 17.3 Å². The number of carbonyl (C=O) groups is 1. The van der Waals surface area contributed by atoms with Gasteiger partial charge in [0.1, 0.15) is 11.6 Å². The number of hydrogen-bond acceptors (Lipinski definition) is 7. The number of amides is 1. The molecular formula is C20H17N6O2. The number of carbonyl (C=O) groups excluding carboxylic acids is 1. The lowest BCUT2D eigenvalue weighted by atomic mass is 10.0. The van der Waals surface area contributed by atoms with E-state index in [-0.39, 0.29) is 11.9 Å². The summed E-state index contributed by atoms with van der Waals surface area (Å²) in [6.07, 6.45) is 6.43. The number of hydrogen-bond donors (Lipinski definition) is 2. The number of aromatic nitrogens is 3. The maximum Gasteiger partial charge on any atom is 0.281 e. The topological polar surface area (TPSA) is 117 Å². The fourth-order valence-electron chi connectivity index (χ4n) is 2.91. The van der Waals surface area contributed by atoms with E-state index in [0.717, 1.165) is 17.0 Å². The molecule has 28 heavy (non-hydrogen) atoms. The second kappa shape index (κ2) is 6.99. The number of nitrogens with two attached hydrogens (primary N) is 1. The molecule has 0 saturated carbocycles. The Kier molecular flexibility index (Phi) is 4.36. The molecular weight excluding hydrogens is 356 g/mol. The van der Waals surface area contributed by atoms with Crippen LogP contribution in [-0.2, 0) is 0 Å². The van der Waals surface area contributed by atoms with Crippen molar-refractivity contribution in [1.82, 2.24) is 20.3 Å². The summed E-state index contributed by atoms with van der Waals surface area (Å²) in [7, 11) is 1.61. The maximum absolute atomic E-state index is 12.4. The first-order chi connectivity index (χ1) is 13.5. The van der Waals surface area contributed by atoms with E-state index in [1.165, 1.54) is 6.20 Å². The number of ether oxygens (including phenoxy) is 1. The summed E-state index contributed by atoms with van der Waals surface area (Å²) in [6, 6.07) is 7.47. The number of fused-ring (bicyclic) bond motifs is 1. The first-order valence-corrected chi connectivity index (χ1v) is 8.51. The van der Waals surface area contributed by atoms with E-state index in [2.05, 4.69) is 25.6 Å². The normalized spacial score (nSPS) is 12.3. The van der Waals surface area contributed by atoms with E-state index < -0.39 is 0 Å². The summed E-state index contributed by atoms with van der Waals surface area (Å²) in [4.78, 5) is 25.1. The highest BCUT2D eigenvalue weighted by Crippen LogP contribution is 2.31. The minimum absolute atomic E-state index is 0.181. The summed E-state index contributed by atoms with van der Waals surface area (Å²) in [5, 5.41) is 7.08. The molecule has 2 aromatic heterocycles. The van der Waals surface area contributed by atoms with E-state index in [1.807, 2.05) is 25.1 Å². The number of aryl methyl sites for hydroxylation is 1. The number of nitrogens with one attached hydrogen (secondary N) is 1. The molecule has 1 aliphatic rings. The molecule has 0 saturated heterocycles. The minimum Gasteiger partial charge on any atom is -0.496 e.